The topological polar surface area (TPSA) is 6.48 Å². The molecule has 1 heterocycles. The summed E-state index contributed by atoms with van der Waals surface area (Å²) < 4.78 is 0. The lowest BCUT2D eigenvalue weighted by Gasteiger charge is -2.42. The monoisotopic (exact) mass is 300 g/mol. The van der Waals surface area contributed by atoms with Gasteiger partial charge in [-0.2, -0.15) is 0 Å². The Morgan fingerprint density at radius 1 is 0.955 bits per heavy atom. The zero-order valence-corrected chi connectivity index (χ0v) is 14.4. The summed E-state index contributed by atoms with van der Waals surface area (Å²) in [6.07, 6.45) is 6.89. The van der Waals surface area contributed by atoms with E-state index in [0.717, 1.165) is 24.9 Å². The number of rotatable bonds is 4. The van der Waals surface area contributed by atoms with E-state index >= 15 is 0 Å². The van der Waals surface area contributed by atoms with Crippen LogP contribution >= 0.6 is 0 Å². The molecule has 1 aromatic carbocycles. The van der Waals surface area contributed by atoms with Crippen molar-refractivity contribution in [1.29, 1.82) is 0 Å². The average Bonchev–Trinajstić information content (AvgIpc) is 2.56. The molecule has 0 aromatic heterocycles. The summed E-state index contributed by atoms with van der Waals surface area (Å²) in [6, 6.07) is 10.1. The van der Waals surface area contributed by atoms with Crippen LogP contribution in [0.2, 0.25) is 0 Å². The fourth-order valence-electron chi connectivity index (χ4n) is 4.16. The first kappa shape index (κ1) is 16.0. The standard InChI is InChI=1S/C20H32N2/c1-3-18-7-9-19(10-8-18)16-21-11-13-22(14-12-21)20-6-4-5-17(2)15-20/h7-10,17,20H,3-6,11-16H2,1-2H3/t17-,20+/m0/s1. The Morgan fingerprint density at radius 2 is 1.64 bits per heavy atom. The van der Waals surface area contributed by atoms with E-state index < -0.39 is 0 Å². The molecule has 1 saturated carbocycles. The molecular weight excluding hydrogens is 268 g/mol. The van der Waals surface area contributed by atoms with Gasteiger partial charge in [-0.15, -0.1) is 0 Å². The highest BCUT2D eigenvalue weighted by Crippen LogP contribution is 2.28. The molecule has 122 valence electrons. The average molecular weight is 300 g/mol. The minimum absolute atomic E-state index is 0.870. The SMILES string of the molecule is CCc1ccc(CN2CCN([C@@H]3CCC[C@H](C)C3)CC2)cc1. The van der Waals surface area contributed by atoms with Crippen LogP contribution < -0.4 is 0 Å². The lowest BCUT2D eigenvalue weighted by Crippen LogP contribution is -2.50. The van der Waals surface area contributed by atoms with Crippen LogP contribution in [0.3, 0.4) is 0 Å². The fraction of sp³-hybridized carbons (Fsp3) is 0.700. The summed E-state index contributed by atoms with van der Waals surface area (Å²) in [6.45, 7) is 10.8. The van der Waals surface area contributed by atoms with Crippen LogP contribution in [0, 0.1) is 5.92 Å². The lowest BCUT2D eigenvalue weighted by atomic mass is 9.86. The van der Waals surface area contributed by atoms with E-state index in [1.165, 1.54) is 63.0 Å². The second kappa shape index (κ2) is 7.61. The second-order valence-electron chi connectivity index (χ2n) is 7.41. The molecule has 2 fully saturated rings. The summed E-state index contributed by atoms with van der Waals surface area (Å²) >= 11 is 0. The number of benzene rings is 1. The zero-order valence-electron chi connectivity index (χ0n) is 14.4. The smallest absolute Gasteiger partial charge is 0.0234 e. The molecule has 2 heteroatoms. The van der Waals surface area contributed by atoms with Crippen molar-refractivity contribution in [3.05, 3.63) is 35.4 Å². The van der Waals surface area contributed by atoms with Crippen LogP contribution in [0.5, 0.6) is 0 Å². The summed E-state index contributed by atoms with van der Waals surface area (Å²) in [4.78, 5) is 5.40. The molecule has 0 unspecified atom stereocenters. The van der Waals surface area contributed by atoms with Gasteiger partial charge >= 0.3 is 0 Å². The van der Waals surface area contributed by atoms with Gasteiger partial charge in [0.05, 0.1) is 0 Å². The second-order valence-corrected chi connectivity index (χ2v) is 7.41. The molecule has 2 nitrogen and oxygen atoms in total. The molecule has 0 radical (unpaired) electrons. The van der Waals surface area contributed by atoms with Crippen LogP contribution in [-0.2, 0) is 13.0 Å². The van der Waals surface area contributed by atoms with E-state index in [1.54, 1.807) is 0 Å². The maximum absolute atomic E-state index is 2.77. The molecular formula is C20H32N2. The molecule has 3 rings (SSSR count). The summed E-state index contributed by atoms with van der Waals surface area (Å²) in [5.41, 5.74) is 2.91. The molecule has 2 atom stereocenters. The van der Waals surface area contributed by atoms with Gasteiger partial charge in [0.15, 0.2) is 0 Å². The first-order valence-electron chi connectivity index (χ1n) is 9.29. The van der Waals surface area contributed by atoms with Crippen molar-refractivity contribution in [1.82, 2.24) is 9.80 Å². The first-order chi connectivity index (χ1) is 10.7. The summed E-state index contributed by atoms with van der Waals surface area (Å²) in [5.74, 6) is 0.939. The van der Waals surface area contributed by atoms with E-state index in [9.17, 15) is 0 Å². The van der Waals surface area contributed by atoms with E-state index in [2.05, 4.69) is 47.9 Å². The van der Waals surface area contributed by atoms with Gasteiger partial charge in [-0.05, 0) is 36.3 Å². The Bertz CT molecular complexity index is 445. The Labute approximate surface area is 136 Å². The van der Waals surface area contributed by atoms with Gasteiger partial charge in [0.1, 0.15) is 0 Å². The number of hydrogen-bond donors (Lipinski definition) is 0. The Hall–Kier alpha value is -0.860. The fourth-order valence-corrected chi connectivity index (χ4v) is 4.16. The van der Waals surface area contributed by atoms with E-state index in [0.29, 0.717) is 0 Å². The minimum atomic E-state index is 0.870. The largest absolute Gasteiger partial charge is 0.298 e. The Kier molecular flexibility index (Phi) is 5.54. The van der Waals surface area contributed by atoms with Gasteiger partial charge in [-0.25, -0.2) is 0 Å². The number of hydrogen-bond acceptors (Lipinski definition) is 2. The van der Waals surface area contributed by atoms with Crippen molar-refractivity contribution >= 4 is 0 Å². The Balaban J connectivity index is 1.46. The van der Waals surface area contributed by atoms with Gasteiger partial charge in [0, 0.05) is 38.8 Å². The van der Waals surface area contributed by atoms with E-state index in [1.807, 2.05) is 0 Å². The minimum Gasteiger partial charge on any atom is -0.298 e. The molecule has 1 saturated heterocycles. The summed E-state index contributed by atoms with van der Waals surface area (Å²) in [7, 11) is 0. The lowest BCUT2D eigenvalue weighted by molar-refractivity contribution is 0.0659. The predicted molar refractivity (Wildman–Crippen MR) is 94.1 cm³/mol. The van der Waals surface area contributed by atoms with Crippen LogP contribution in [0.25, 0.3) is 0 Å². The molecule has 0 spiro atoms. The third-order valence-corrected chi connectivity index (χ3v) is 5.67. The normalized spacial score (nSPS) is 27.9. The van der Waals surface area contributed by atoms with Crippen LogP contribution in [-0.4, -0.2) is 42.0 Å². The predicted octanol–water partition coefficient (Wildman–Crippen LogP) is 3.95. The van der Waals surface area contributed by atoms with Gasteiger partial charge in [0.2, 0.25) is 0 Å². The van der Waals surface area contributed by atoms with Gasteiger partial charge < -0.3 is 0 Å². The number of nitrogens with zero attached hydrogens (tertiary/aromatic N) is 2. The first-order valence-corrected chi connectivity index (χ1v) is 9.29. The summed E-state index contributed by atoms with van der Waals surface area (Å²) in [5, 5.41) is 0. The molecule has 0 amide bonds. The van der Waals surface area contributed by atoms with Crippen molar-refractivity contribution in [3.8, 4) is 0 Å². The third-order valence-electron chi connectivity index (χ3n) is 5.67. The number of piperazine rings is 1. The molecule has 1 aliphatic heterocycles. The van der Waals surface area contributed by atoms with Crippen molar-refractivity contribution in [2.24, 2.45) is 5.92 Å². The van der Waals surface area contributed by atoms with Gasteiger partial charge in [-0.3, -0.25) is 9.80 Å². The molecule has 1 aromatic rings. The zero-order chi connectivity index (χ0) is 15.4. The molecule has 0 bridgehead atoms. The molecule has 22 heavy (non-hydrogen) atoms. The van der Waals surface area contributed by atoms with Crippen LogP contribution in [0.15, 0.2) is 24.3 Å². The van der Waals surface area contributed by atoms with E-state index in [4.69, 9.17) is 0 Å². The van der Waals surface area contributed by atoms with Gasteiger partial charge in [-0.1, -0.05) is 51.0 Å². The molecule has 2 aliphatic rings. The van der Waals surface area contributed by atoms with Crippen LogP contribution in [0.1, 0.15) is 50.7 Å². The third kappa shape index (κ3) is 4.11. The highest BCUT2D eigenvalue weighted by Gasteiger charge is 2.27. The van der Waals surface area contributed by atoms with E-state index in [-0.39, 0.29) is 0 Å². The number of aryl methyl sites for hydroxylation is 1. The maximum atomic E-state index is 2.77. The highest BCUT2D eigenvalue weighted by atomic mass is 15.3. The highest BCUT2D eigenvalue weighted by molar-refractivity contribution is 5.22. The molecule has 0 N–H and O–H groups in total. The van der Waals surface area contributed by atoms with Crippen molar-refractivity contribution in [3.63, 3.8) is 0 Å². The van der Waals surface area contributed by atoms with Crippen molar-refractivity contribution in [2.75, 3.05) is 26.2 Å². The van der Waals surface area contributed by atoms with Crippen LogP contribution in [0.4, 0.5) is 0 Å². The Morgan fingerprint density at radius 3 is 2.27 bits per heavy atom. The van der Waals surface area contributed by atoms with Crippen molar-refractivity contribution in [2.45, 2.75) is 58.5 Å². The molecule has 1 aliphatic carbocycles. The maximum Gasteiger partial charge on any atom is 0.0234 e. The quantitative estimate of drug-likeness (QED) is 0.831. The van der Waals surface area contributed by atoms with Gasteiger partial charge in [0.25, 0.3) is 0 Å². The van der Waals surface area contributed by atoms with Crippen molar-refractivity contribution < 1.29 is 0 Å².